The molecule has 1 aliphatic carbocycles. The normalized spacial score (nSPS) is 13.0. The molecular weight excluding hydrogens is 436 g/mol. The van der Waals surface area contributed by atoms with E-state index >= 15 is 0 Å². The summed E-state index contributed by atoms with van der Waals surface area (Å²) < 4.78 is 10.9. The van der Waals surface area contributed by atoms with Crippen molar-refractivity contribution in [3.63, 3.8) is 0 Å². The van der Waals surface area contributed by atoms with Crippen molar-refractivity contribution in [2.45, 2.75) is 44.6 Å². The van der Waals surface area contributed by atoms with E-state index in [1.54, 1.807) is 0 Å². The SMILES string of the molecule is CCC(CCC(=O)O)NC(=O)CCOCCNC(=O)OCC1c2ccccc2-c2ccccc21. The minimum Gasteiger partial charge on any atom is -0.481 e. The molecule has 3 N–H and O–H groups in total. The van der Waals surface area contributed by atoms with Gasteiger partial charge in [0.1, 0.15) is 6.61 Å². The number of aliphatic carboxylic acids is 1. The molecule has 0 fully saturated rings. The van der Waals surface area contributed by atoms with Crippen LogP contribution in [-0.4, -0.2) is 55.5 Å². The van der Waals surface area contributed by atoms with E-state index in [1.807, 2.05) is 31.2 Å². The molecule has 0 spiro atoms. The van der Waals surface area contributed by atoms with Gasteiger partial charge in [-0.05, 0) is 35.1 Å². The average molecular weight is 469 g/mol. The van der Waals surface area contributed by atoms with E-state index in [-0.39, 0.29) is 57.1 Å². The van der Waals surface area contributed by atoms with Crippen molar-refractivity contribution >= 4 is 18.0 Å². The molecule has 1 aliphatic rings. The molecule has 2 amide bonds. The van der Waals surface area contributed by atoms with E-state index in [4.69, 9.17) is 14.6 Å². The van der Waals surface area contributed by atoms with Crippen LogP contribution in [0.25, 0.3) is 11.1 Å². The predicted molar refractivity (Wildman–Crippen MR) is 128 cm³/mol. The zero-order chi connectivity index (χ0) is 24.3. The molecular formula is C26H32N2O6. The van der Waals surface area contributed by atoms with Gasteiger partial charge >= 0.3 is 12.1 Å². The number of amides is 2. The highest BCUT2D eigenvalue weighted by Crippen LogP contribution is 2.44. The number of hydrogen-bond donors (Lipinski definition) is 3. The molecule has 0 saturated heterocycles. The summed E-state index contributed by atoms with van der Waals surface area (Å²) in [5, 5.41) is 14.2. The monoisotopic (exact) mass is 468 g/mol. The minimum atomic E-state index is -0.875. The Labute approximate surface area is 199 Å². The topological polar surface area (TPSA) is 114 Å². The first kappa shape index (κ1) is 25.2. The van der Waals surface area contributed by atoms with Crippen LogP contribution in [-0.2, 0) is 19.1 Å². The molecule has 1 atom stereocenters. The lowest BCUT2D eigenvalue weighted by Gasteiger charge is -2.16. The molecule has 0 aliphatic heterocycles. The number of carboxylic acid groups (broad SMARTS) is 1. The van der Waals surface area contributed by atoms with Crippen LogP contribution in [0.3, 0.4) is 0 Å². The Kier molecular flexibility index (Phi) is 9.46. The summed E-state index contributed by atoms with van der Waals surface area (Å²) in [5.41, 5.74) is 4.67. The second-order valence-corrected chi connectivity index (χ2v) is 8.22. The largest absolute Gasteiger partial charge is 0.481 e. The van der Waals surface area contributed by atoms with E-state index in [0.29, 0.717) is 12.8 Å². The molecule has 182 valence electrons. The second-order valence-electron chi connectivity index (χ2n) is 8.22. The van der Waals surface area contributed by atoms with Gasteiger partial charge in [0.05, 0.1) is 13.2 Å². The number of alkyl carbamates (subject to hydrolysis) is 1. The molecule has 8 heteroatoms. The van der Waals surface area contributed by atoms with Crippen molar-refractivity contribution in [1.82, 2.24) is 10.6 Å². The molecule has 0 saturated carbocycles. The Morgan fingerprint density at radius 1 is 0.971 bits per heavy atom. The lowest BCUT2D eigenvalue weighted by Crippen LogP contribution is -2.35. The Balaban J connectivity index is 1.31. The zero-order valence-electron chi connectivity index (χ0n) is 19.4. The third-order valence-corrected chi connectivity index (χ3v) is 5.90. The highest BCUT2D eigenvalue weighted by Gasteiger charge is 2.28. The highest BCUT2D eigenvalue weighted by molar-refractivity contribution is 5.79. The van der Waals surface area contributed by atoms with Crippen LogP contribution in [0, 0.1) is 0 Å². The molecule has 0 aromatic heterocycles. The number of nitrogens with one attached hydrogen (secondary N) is 2. The van der Waals surface area contributed by atoms with Gasteiger partial charge in [-0.1, -0.05) is 55.5 Å². The Morgan fingerprint density at radius 3 is 2.24 bits per heavy atom. The van der Waals surface area contributed by atoms with Crippen LogP contribution in [0.4, 0.5) is 4.79 Å². The van der Waals surface area contributed by atoms with Gasteiger partial charge in [0.15, 0.2) is 0 Å². The first-order valence-electron chi connectivity index (χ1n) is 11.7. The van der Waals surface area contributed by atoms with Crippen LogP contribution < -0.4 is 10.6 Å². The number of carbonyl (C=O) groups is 3. The third kappa shape index (κ3) is 7.05. The molecule has 0 heterocycles. The van der Waals surface area contributed by atoms with E-state index in [0.717, 1.165) is 11.1 Å². The van der Waals surface area contributed by atoms with Gasteiger partial charge in [0.2, 0.25) is 5.91 Å². The van der Waals surface area contributed by atoms with Gasteiger partial charge in [0, 0.05) is 31.3 Å². The zero-order valence-corrected chi connectivity index (χ0v) is 19.4. The molecule has 1 unspecified atom stereocenters. The van der Waals surface area contributed by atoms with Crippen LogP contribution in [0.15, 0.2) is 48.5 Å². The first-order chi connectivity index (χ1) is 16.5. The van der Waals surface area contributed by atoms with Gasteiger partial charge in [-0.25, -0.2) is 4.79 Å². The Bertz CT molecular complexity index is 947. The summed E-state index contributed by atoms with van der Waals surface area (Å²) in [7, 11) is 0. The predicted octanol–water partition coefficient (Wildman–Crippen LogP) is 3.69. The quantitative estimate of drug-likeness (QED) is 0.386. The second kappa shape index (κ2) is 12.7. The van der Waals surface area contributed by atoms with E-state index in [1.165, 1.54) is 11.1 Å². The number of benzene rings is 2. The minimum absolute atomic E-state index is 0.00959. The molecule has 0 bridgehead atoms. The molecule has 2 aromatic carbocycles. The smallest absolute Gasteiger partial charge is 0.407 e. The van der Waals surface area contributed by atoms with Crippen molar-refractivity contribution in [3.05, 3.63) is 59.7 Å². The number of carboxylic acids is 1. The Morgan fingerprint density at radius 2 is 1.62 bits per heavy atom. The van der Waals surface area contributed by atoms with E-state index in [2.05, 4.69) is 34.9 Å². The third-order valence-electron chi connectivity index (χ3n) is 5.90. The fourth-order valence-electron chi connectivity index (χ4n) is 4.12. The maximum atomic E-state index is 12.1. The summed E-state index contributed by atoms with van der Waals surface area (Å²) in [5.74, 6) is -1.04. The number of fused-ring (bicyclic) bond motifs is 3. The van der Waals surface area contributed by atoms with Crippen LogP contribution in [0.2, 0.25) is 0 Å². The lowest BCUT2D eigenvalue weighted by atomic mass is 9.98. The lowest BCUT2D eigenvalue weighted by molar-refractivity contribution is -0.137. The van der Waals surface area contributed by atoms with Crippen LogP contribution >= 0.6 is 0 Å². The molecule has 0 radical (unpaired) electrons. The molecule has 8 nitrogen and oxygen atoms in total. The van der Waals surface area contributed by atoms with Crippen molar-refractivity contribution in [1.29, 1.82) is 0 Å². The summed E-state index contributed by atoms with van der Waals surface area (Å²) in [6.45, 7) is 2.90. The standard InChI is InChI=1S/C26H32N2O6/c1-2-18(11-12-25(30)31)28-24(29)13-15-33-16-14-27-26(32)34-17-23-21-9-5-3-7-19(21)20-8-4-6-10-22(20)23/h3-10,18,23H,2,11-17H2,1H3,(H,27,32)(H,28,29)(H,30,31). The first-order valence-corrected chi connectivity index (χ1v) is 11.7. The van der Waals surface area contributed by atoms with Gasteiger partial charge in [-0.15, -0.1) is 0 Å². The Hall–Kier alpha value is -3.39. The van der Waals surface area contributed by atoms with Gasteiger partial charge in [-0.3, -0.25) is 9.59 Å². The maximum Gasteiger partial charge on any atom is 0.407 e. The van der Waals surface area contributed by atoms with Crippen molar-refractivity contribution in [2.75, 3.05) is 26.4 Å². The fourth-order valence-corrected chi connectivity index (χ4v) is 4.12. The molecule has 34 heavy (non-hydrogen) atoms. The molecule has 2 aromatic rings. The number of ether oxygens (including phenoxy) is 2. The van der Waals surface area contributed by atoms with Gasteiger partial charge < -0.3 is 25.2 Å². The highest BCUT2D eigenvalue weighted by atomic mass is 16.5. The molecule has 3 rings (SSSR count). The van der Waals surface area contributed by atoms with Gasteiger partial charge in [0.25, 0.3) is 0 Å². The van der Waals surface area contributed by atoms with Crippen molar-refractivity contribution in [2.24, 2.45) is 0 Å². The fraction of sp³-hybridized carbons (Fsp3) is 0.423. The van der Waals surface area contributed by atoms with Crippen LogP contribution in [0.5, 0.6) is 0 Å². The number of carbonyl (C=O) groups excluding carboxylic acids is 2. The van der Waals surface area contributed by atoms with Crippen LogP contribution in [0.1, 0.15) is 49.7 Å². The summed E-state index contributed by atoms with van der Waals surface area (Å²) >= 11 is 0. The van der Waals surface area contributed by atoms with E-state index in [9.17, 15) is 14.4 Å². The maximum absolute atomic E-state index is 12.1. The number of rotatable bonds is 13. The van der Waals surface area contributed by atoms with E-state index < -0.39 is 12.1 Å². The van der Waals surface area contributed by atoms with Gasteiger partial charge in [-0.2, -0.15) is 0 Å². The number of hydrogen-bond acceptors (Lipinski definition) is 5. The summed E-state index contributed by atoms with van der Waals surface area (Å²) in [6.07, 6.45) is 0.769. The van der Waals surface area contributed by atoms with Crippen molar-refractivity contribution in [3.8, 4) is 11.1 Å². The summed E-state index contributed by atoms with van der Waals surface area (Å²) in [4.78, 5) is 34.8. The van der Waals surface area contributed by atoms with Crippen molar-refractivity contribution < 1.29 is 29.0 Å². The average Bonchev–Trinajstić information content (AvgIpc) is 3.16. The summed E-state index contributed by atoms with van der Waals surface area (Å²) in [6, 6.07) is 16.2.